The lowest BCUT2D eigenvalue weighted by molar-refractivity contribution is -0.310. The van der Waals surface area contributed by atoms with Crippen LogP contribution >= 0.6 is 0 Å². The molecule has 1 aliphatic heterocycles. The second-order valence-corrected chi connectivity index (χ2v) is 4.33. The van der Waals surface area contributed by atoms with Gasteiger partial charge in [-0.1, -0.05) is 0 Å². The molecule has 0 unspecified atom stereocenters. The van der Waals surface area contributed by atoms with Gasteiger partial charge in [0.05, 0.1) is 0 Å². The number of ketones is 1. The zero-order valence-electron chi connectivity index (χ0n) is 9.88. The molecule has 1 amide bonds. The van der Waals surface area contributed by atoms with Crippen molar-refractivity contribution in [2.75, 3.05) is 11.4 Å². The molecule has 1 aromatic rings. The first kappa shape index (κ1) is 12.3. The monoisotopic (exact) mass is 246 g/mol. The molecule has 0 aromatic heterocycles. The fourth-order valence-electron chi connectivity index (χ4n) is 1.99. The number of carboxylic acids is 1. The van der Waals surface area contributed by atoms with E-state index in [1.807, 2.05) is 0 Å². The van der Waals surface area contributed by atoms with Gasteiger partial charge in [-0.2, -0.15) is 0 Å². The minimum Gasteiger partial charge on any atom is -0.550 e. The standard InChI is InChI=1S/C13H13NO4/c1-8(15)9-2-4-11(5-3-9)14-7-10(13(17)18)6-12(14)16/h2-5,10H,6-7H2,1H3,(H,17,18)/p-1/t10-/m1/s1. The number of rotatable bonds is 3. The van der Waals surface area contributed by atoms with Crippen LogP contribution in [0.2, 0.25) is 0 Å². The van der Waals surface area contributed by atoms with Crippen LogP contribution in [0.25, 0.3) is 0 Å². The second-order valence-electron chi connectivity index (χ2n) is 4.33. The first-order valence-electron chi connectivity index (χ1n) is 5.61. The summed E-state index contributed by atoms with van der Waals surface area (Å²) in [5.74, 6) is -2.25. The van der Waals surface area contributed by atoms with Crippen LogP contribution in [0.3, 0.4) is 0 Å². The molecule has 94 valence electrons. The van der Waals surface area contributed by atoms with Crippen LogP contribution in [0.1, 0.15) is 23.7 Å². The molecule has 0 bridgehead atoms. The molecule has 1 atom stereocenters. The number of nitrogens with zero attached hydrogens (tertiary/aromatic N) is 1. The molecule has 0 aliphatic carbocycles. The number of carbonyl (C=O) groups is 3. The van der Waals surface area contributed by atoms with E-state index in [2.05, 4.69) is 0 Å². The average Bonchev–Trinajstić information content (AvgIpc) is 2.71. The minimum absolute atomic E-state index is 0.0310. The van der Waals surface area contributed by atoms with Crippen molar-refractivity contribution in [3.8, 4) is 0 Å². The van der Waals surface area contributed by atoms with Gasteiger partial charge in [0.15, 0.2) is 5.78 Å². The van der Waals surface area contributed by atoms with Crippen LogP contribution in [0.4, 0.5) is 5.69 Å². The zero-order valence-corrected chi connectivity index (χ0v) is 9.88. The van der Waals surface area contributed by atoms with E-state index in [0.29, 0.717) is 11.3 Å². The number of amides is 1. The van der Waals surface area contributed by atoms with E-state index in [9.17, 15) is 19.5 Å². The van der Waals surface area contributed by atoms with Crippen LogP contribution in [-0.2, 0) is 9.59 Å². The molecular formula is C13H12NO4-. The summed E-state index contributed by atoms with van der Waals surface area (Å²) < 4.78 is 0. The summed E-state index contributed by atoms with van der Waals surface area (Å²) in [6, 6.07) is 6.53. The van der Waals surface area contributed by atoms with Crippen LogP contribution in [0.5, 0.6) is 0 Å². The zero-order chi connectivity index (χ0) is 13.3. The normalized spacial score (nSPS) is 19.1. The Labute approximate surface area is 104 Å². The highest BCUT2D eigenvalue weighted by molar-refractivity contribution is 6.00. The van der Waals surface area contributed by atoms with Crippen LogP contribution < -0.4 is 10.0 Å². The predicted molar refractivity (Wildman–Crippen MR) is 61.9 cm³/mol. The first-order valence-corrected chi connectivity index (χ1v) is 5.61. The molecule has 5 nitrogen and oxygen atoms in total. The molecule has 1 saturated heterocycles. The highest BCUT2D eigenvalue weighted by Gasteiger charge is 2.31. The van der Waals surface area contributed by atoms with Gasteiger partial charge in [-0.15, -0.1) is 0 Å². The van der Waals surface area contributed by atoms with Gasteiger partial charge in [0.2, 0.25) is 5.91 Å². The van der Waals surface area contributed by atoms with E-state index in [0.717, 1.165) is 0 Å². The molecule has 0 spiro atoms. The molecule has 5 heteroatoms. The Morgan fingerprint density at radius 3 is 2.33 bits per heavy atom. The number of aliphatic carboxylic acids is 1. The topological polar surface area (TPSA) is 77.5 Å². The maximum absolute atomic E-state index is 11.7. The van der Waals surface area contributed by atoms with E-state index in [-0.39, 0.29) is 24.7 Å². The second kappa shape index (κ2) is 4.60. The van der Waals surface area contributed by atoms with Gasteiger partial charge in [-0.3, -0.25) is 9.59 Å². The quantitative estimate of drug-likeness (QED) is 0.703. The molecule has 1 heterocycles. The fraction of sp³-hybridized carbons (Fsp3) is 0.308. The van der Waals surface area contributed by atoms with Gasteiger partial charge in [0, 0.05) is 36.1 Å². The third-order valence-corrected chi connectivity index (χ3v) is 3.04. The van der Waals surface area contributed by atoms with Gasteiger partial charge in [-0.05, 0) is 31.2 Å². The SMILES string of the molecule is CC(=O)c1ccc(N2C[C@H](C(=O)[O-])CC2=O)cc1. The summed E-state index contributed by atoms with van der Waals surface area (Å²) in [6.45, 7) is 1.59. The predicted octanol–water partition coefficient (Wildman–Crippen LogP) is -0.00800. The number of carboxylic acid groups (broad SMARTS) is 1. The summed E-state index contributed by atoms with van der Waals surface area (Å²) in [5, 5.41) is 10.7. The van der Waals surface area contributed by atoms with Crippen molar-refractivity contribution in [2.24, 2.45) is 5.92 Å². The summed E-state index contributed by atoms with van der Waals surface area (Å²) in [5.41, 5.74) is 1.16. The fourth-order valence-corrected chi connectivity index (χ4v) is 1.99. The van der Waals surface area contributed by atoms with Crippen LogP contribution in [0, 0.1) is 5.92 Å². The van der Waals surface area contributed by atoms with Gasteiger partial charge in [-0.25, -0.2) is 0 Å². The van der Waals surface area contributed by atoms with Gasteiger partial charge in [0.1, 0.15) is 0 Å². The Balaban J connectivity index is 2.19. The Morgan fingerprint density at radius 1 is 1.28 bits per heavy atom. The maximum atomic E-state index is 11.7. The van der Waals surface area contributed by atoms with E-state index >= 15 is 0 Å². The molecule has 0 N–H and O–H groups in total. The molecule has 1 aromatic carbocycles. The number of Topliss-reactive ketones (excluding diaryl/α,β-unsaturated/α-hetero) is 1. The third kappa shape index (κ3) is 2.25. The summed E-state index contributed by atoms with van der Waals surface area (Å²) >= 11 is 0. The maximum Gasteiger partial charge on any atom is 0.227 e. The molecule has 1 fully saturated rings. The number of benzene rings is 1. The van der Waals surface area contributed by atoms with E-state index in [4.69, 9.17) is 0 Å². The number of anilines is 1. The van der Waals surface area contributed by atoms with Crippen molar-refractivity contribution in [1.82, 2.24) is 0 Å². The third-order valence-electron chi connectivity index (χ3n) is 3.04. The van der Waals surface area contributed by atoms with Crippen molar-refractivity contribution in [2.45, 2.75) is 13.3 Å². The highest BCUT2D eigenvalue weighted by atomic mass is 16.4. The van der Waals surface area contributed by atoms with Crippen molar-refractivity contribution in [3.63, 3.8) is 0 Å². The van der Waals surface area contributed by atoms with Crippen molar-refractivity contribution in [3.05, 3.63) is 29.8 Å². The lowest BCUT2D eigenvalue weighted by Crippen LogP contribution is -2.33. The lowest BCUT2D eigenvalue weighted by atomic mass is 10.1. The van der Waals surface area contributed by atoms with Gasteiger partial charge < -0.3 is 14.8 Å². The molecule has 0 radical (unpaired) electrons. The first-order chi connectivity index (χ1) is 8.49. The largest absolute Gasteiger partial charge is 0.550 e. The van der Waals surface area contributed by atoms with E-state index in [1.165, 1.54) is 11.8 Å². The lowest BCUT2D eigenvalue weighted by Gasteiger charge is -2.17. The van der Waals surface area contributed by atoms with Crippen molar-refractivity contribution >= 4 is 23.3 Å². The summed E-state index contributed by atoms with van der Waals surface area (Å²) in [4.78, 5) is 34.9. The van der Waals surface area contributed by atoms with E-state index in [1.54, 1.807) is 24.3 Å². The minimum atomic E-state index is -1.20. The smallest absolute Gasteiger partial charge is 0.227 e. The molecular weight excluding hydrogens is 234 g/mol. The van der Waals surface area contributed by atoms with E-state index < -0.39 is 11.9 Å². The summed E-state index contributed by atoms with van der Waals surface area (Å²) in [7, 11) is 0. The molecule has 1 aliphatic rings. The Morgan fingerprint density at radius 2 is 1.89 bits per heavy atom. The van der Waals surface area contributed by atoms with Crippen molar-refractivity contribution < 1.29 is 19.5 Å². The number of hydrogen-bond donors (Lipinski definition) is 0. The summed E-state index contributed by atoms with van der Waals surface area (Å²) in [6.07, 6.45) is -0.0310. The Kier molecular flexibility index (Phi) is 3.14. The Hall–Kier alpha value is -2.17. The van der Waals surface area contributed by atoms with Crippen LogP contribution in [0.15, 0.2) is 24.3 Å². The highest BCUT2D eigenvalue weighted by Crippen LogP contribution is 2.25. The number of hydrogen-bond acceptors (Lipinski definition) is 4. The van der Waals surface area contributed by atoms with Crippen molar-refractivity contribution in [1.29, 1.82) is 0 Å². The van der Waals surface area contributed by atoms with Crippen LogP contribution in [-0.4, -0.2) is 24.2 Å². The molecule has 0 saturated carbocycles. The van der Waals surface area contributed by atoms with Gasteiger partial charge in [0.25, 0.3) is 0 Å². The number of carbonyl (C=O) groups excluding carboxylic acids is 3. The molecule has 2 rings (SSSR count). The average molecular weight is 246 g/mol. The Bertz CT molecular complexity index is 506. The molecule has 18 heavy (non-hydrogen) atoms. The van der Waals surface area contributed by atoms with Gasteiger partial charge >= 0.3 is 0 Å².